The van der Waals surface area contributed by atoms with E-state index >= 15 is 0 Å². The topological polar surface area (TPSA) is 52.7 Å². The molecule has 0 fully saturated rings. The van der Waals surface area contributed by atoms with Gasteiger partial charge in [-0.05, 0) is 31.2 Å². The van der Waals surface area contributed by atoms with Gasteiger partial charge in [0.15, 0.2) is 11.2 Å². The minimum absolute atomic E-state index is 0.0229. The summed E-state index contributed by atoms with van der Waals surface area (Å²) in [4.78, 5) is 17.1. The van der Waals surface area contributed by atoms with Crippen LogP contribution in [0.5, 0.6) is 0 Å². The normalized spacial score (nSPS) is 12.2. The molecule has 3 aromatic heterocycles. The van der Waals surface area contributed by atoms with Crippen LogP contribution in [0.4, 0.5) is 13.2 Å². The van der Waals surface area contributed by atoms with Gasteiger partial charge >= 0.3 is 6.18 Å². The van der Waals surface area contributed by atoms with E-state index in [-0.39, 0.29) is 28.4 Å². The van der Waals surface area contributed by atoms with Crippen LogP contribution < -0.4 is 5.56 Å². The summed E-state index contributed by atoms with van der Waals surface area (Å²) in [6.07, 6.45) is -1.67. The van der Waals surface area contributed by atoms with E-state index in [4.69, 9.17) is 11.6 Å². The van der Waals surface area contributed by atoms with E-state index in [1.807, 2.05) is 0 Å². The minimum Gasteiger partial charge on any atom is -0.273 e. The third-order valence-electron chi connectivity index (χ3n) is 4.30. The molecule has 0 aliphatic rings. The summed E-state index contributed by atoms with van der Waals surface area (Å²) in [6, 6.07) is 7.71. The Morgan fingerprint density at radius 3 is 2.63 bits per heavy atom. The number of hydrogen-bond acceptors (Lipinski definition) is 3. The molecule has 4 aromatic rings. The lowest BCUT2D eigenvalue weighted by molar-refractivity contribution is -0.142. The highest BCUT2D eigenvalue weighted by Gasteiger charge is 2.39. The first kappa shape index (κ1) is 17.5. The van der Waals surface area contributed by atoms with Gasteiger partial charge in [0.1, 0.15) is 0 Å². The average molecular weight is 393 g/mol. The molecule has 1 aromatic carbocycles. The standard InChI is InChI=1S/C18H12ClF3N4O/c1-2-25-16(18(20,21)22)14-12-6-5-10(19)8-13(12)26(17(27)15(14)24-25)11-4-3-7-23-9-11/h3-9H,2H2,1H3. The summed E-state index contributed by atoms with van der Waals surface area (Å²) < 4.78 is 43.4. The second kappa shape index (κ2) is 6.09. The highest BCUT2D eigenvalue weighted by Crippen LogP contribution is 2.38. The van der Waals surface area contributed by atoms with Crippen molar-refractivity contribution in [3.63, 3.8) is 0 Å². The monoisotopic (exact) mass is 392 g/mol. The minimum atomic E-state index is -4.66. The Kier molecular flexibility index (Phi) is 3.96. The lowest BCUT2D eigenvalue weighted by Gasteiger charge is -2.13. The van der Waals surface area contributed by atoms with Crippen molar-refractivity contribution in [2.45, 2.75) is 19.6 Å². The number of halogens is 4. The number of alkyl halides is 3. The quantitative estimate of drug-likeness (QED) is 0.507. The van der Waals surface area contributed by atoms with Crippen molar-refractivity contribution in [2.75, 3.05) is 0 Å². The summed E-state index contributed by atoms with van der Waals surface area (Å²) in [5.41, 5.74) is -1.18. The van der Waals surface area contributed by atoms with Gasteiger partial charge in [-0.3, -0.25) is 19.0 Å². The third-order valence-corrected chi connectivity index (χ3v) is 4.54. The number of pyridine rings is 2. The van der Waals surface area contributed by atoms with Crippen molar-refractivity contribution < 1.29 is 13.2 Å². The zero-order valence-corrected chi connectivity index (χ0v) is 14.7. The molecule has 0 radical (unpaired) electrons. The van der Waals surface area contributed by atoms with Crippen LogP contribution in [0.15, 0.2) is 47.5 Å². The molecule has 4 rings (SSSR count). The number of rotatable bonds is 2. The molecule has 0 spiro atoms. The third kappa shape index (κ3) is 2.68. The second-order valence-electron chi connectivity index (χ2n) is 5.90. The summed E-state index contributed by atoms with van der Waals surface area (Å²) in [5.74, 6) is 0. The first-order valence-corrected chi connectivity index (χ1v) is 8.43. The predicted molar refractivity (Wildman–Crippen MR) is 96.3 cm³/mol. The number of aromatic nitrogens is 4. The van der Waals surface area contributed by atoms with Gasteiger partial charge in [-0.2, -0.15) is 18.3 Å². The summed E-state index contributed by atoms with van der Waals surface area (Å²) >= 11 is 6.07. The maximum atomic E-state index is 13.8. The number of benzene rings is 1. The van der Waals surface area contributed by atoms with Crippen LogP contribution in [0, 0.1) is 0 Å². The first-order valence-electron chi connectivity index (χ1n) is 8.05. The highest BCUT2D eigenvalue weighted by atomic mass is 35.5. The molecule has 0 saturated heterocycles. The molecule has 9 heteroatoms. The van der Waals surface area contributed by atoms with Crippen molar-refractivity contribution in [1.29, 1.82) is 0 Å². The first-order chi connectivity index (χ1) is 12.8. The van der Waals surface area contributed by atoms with Crippen molar-refractivity contribution >= 4 is 33.4 Å². The molecule has 138 valence electrons. The van der Waals surface area contributed by atoms with Gasteiger partial charge in [0, 0.05) is 28.5 Å². The Morgan fingerprint density at radius 2 is 2.00 bits per heavy atom. The molecule has 0 bridgehead atoms. The van der Waals surface area contributed by atoms with E-state index in [2.05, 4.69) is 10.1 Å². The largest absolute Gasteiger partial charge is 0.433 e. The van der Waals surface area contributed by atoms with E-state index in [1.165, 1.54) is 35.2 Å². The molecule has 3 heterocycles. The van der Waals surface area contributed by atoms with E-state index in [0.717, 1.165) is 4.68 Å². The fraction of sp³-hybridized carbons (Fsp3) is 0.167. The Balaban J connectivity index is 2.29. The maximum absolute atomic E-state index is 13.8. The van der Waals surface area contributed by atoms with Crippen LogP contribution in [0.25, 0.3) is 27.5 Å². The Labute approximate surface area is 155 Å². The van der Waals surface area contributed by atoms with Gasteiger partial charge < -0.3 is 0 Å². The van der Waals surface area contributed by atoms with Crippen molar-refractivity contribution in [1.82, 2.24) is 19.3 Å². The van der Waals surface area contributed by atoms with Crippen LogP contribution in [0.2, 0.25) is 5.02 Å². The van der Waals surface area contributed by atoms with Gasteiger partial charge in [0.05, 0.1) is 17.4 Å². The summed E-state index contributed by atoms with van der Waals surface area (Å²) in [7, 11) is 0. The van der Waals surface area contributed by atoms with Crippen LogP contribution in [-0.4, -0.2) is 19.3 Å². The lowest BCUT2D eigenvalue weighted by atomic mass is 10.1. The highest BCUT2D eigenvalue weighted by molar-refractivity contribution is 6.31. The molecule has 0 saturated carbocycles. The predicted octanol–water partition coefficient (Wildman–Crippen LogP) is 4.43. The number of hydrogen-bond donors (Lipinski definition) is 0. The van der Waals surface area contributed by atoms with Gasteiger partial charge in [-0.15, -0.1) is 0 Å². The van der Waals surface area contributed by atoms with Crippen LogP contribution in [0.1, 0.15) is 12.6 Å². The molecule has 0 atom stereocenters. The molecule has 0 unspecified atom stereocenters. The van der Waals surface area contributed by atoms with E-state index in [0.29, 0.717) is 10.7 Å². The van der Waals surface area contributed by atoms with Crippen LogP contribution >= 0.6 is 11.6 Å². The molecule has 0 amide bonds. The zero-order valence-electron chi connectivity index (χ0n) is 14.0. The number of fused-ring (bicyclic) bond motifs is 3. The average Bonchev–Trinajstić information content (AvgIpc) is 3.03. The van der Waals surface area contributed by atoms with Gasteiger partial charge in [0.2, 0.25) is 0 Å². The molecular weight excluding hydrogens is 381 g/mol. The fourth-order valence-electron chi connectivity index (χ4n) is 3.24. The SMILES string of the molecule is CCn1nc2c(=O)n(-c3cccnc3)c3cc(Cl)ccc3c2c1C(F)(F)F. The summed E-state index contributed by atoms with van der Waals surface area (Å²) in [6.45, 7) is 1.52. The molecule has 0 aliphatic heterocycles. The second-order valence-corrected chi connectivity index (χ2v) is 6.34. The van der Waals surface area contributed by atoms with Gasteiger partial charge in [-0.1, -0.05) is 17.7 Å². The molecule has 27 heavy (non-hydrogen) atoms. The molecule has 0 N–H and O–H groups in total. The Hall–Kier alpha value is -2.87. The molecule has 0 aliphatic carbocycles. The van der Waals surface area contributed by atoms with Crippen molar-refractivity contribution in [3.8, 4) is 5.69 Å². The van der Waals surface area contributed by atoms with Crippen molar-refractivity contribution in [2.24, 2.45) is 0 Å². The van der Waals surface area contributed by atoms with E-state index < -0.39 is 17.4 Å². The zero-order chi connectivity index (χ0) is 19.3. The fourth-order valence-corrected chi connectivity index (χ4v) is 3.41. The smallest absolute Gasteiger partial charge is 0.273 e. The van der Waals surface area contributed by atoms with Crippen molar-refractivity contribution in [3.05, 3.63) is 63.8 Å². The number of nitrogens with zero attached hydrogens (tertiary/aromatic N) is 4. The molecule has 5 nitrogen and oxygen atoms in total. The van der Waals surface area contributed by atoms with Gasteiger partial charge in [0.25, 0.3) is 5.56 Å². The van der Waals surface area contributed by atoms with E-state index in [1.54, 1.807) is 19.1 Å². The molecular formula is C18H12ClF3N4O. The lowest BCUT2D eigenvalue weighted by Crippen LogP contribution is -2.19. The maximum Gasteiger partial charge on any atom is 0.433 e. The van der Waals surface area contributed by atoms with Crippen LogP contribution in [0.3, 0.4) is 0 Å². The Bertz CT molecular complexity index is 1230. The van der Waals surface area contributed by atoms with Crippen LogP contribution in [-0.2, 0) is 12.7 Å². The van der Waals surface area contributed by atoms with E-state index in [9.17, 15) is 18.0 Å². The van der Waals surface area contributed by atoms with Gasteiger partial charge in [-0.25, -0.2) is 0 Å². The number of aryl methyl sites for hydroxylation is 1. The Morgan fingerprint density at radius 1 is 1.22 bits per heavy atom. The summed E-state index contributed by atoms with van der Waals surface area (Å²) in [5, 5.41) is 4.29.